The van der Waals surface area contributed by atoms with Crippen molar-refractivity contribution in [3.05, 3.63) is 11.8 Å². The molecule has 1 aliphatic rings. The van der Waals surface area contributed by atoms with Gasteiger partial charge in [-0.2, -0.15) is 0 Å². The van der Waals surface area contributed by atoms with Gasteiger partial charge in [0.25, 0.3) is 0 Å². The molecule has 1 rings (SSSR count). The Hall–Kier alpha value is -1.07. The van der Waals surface area contributed by atoms with Crippen LogP contribution in [0.5, 0.6) is 0 Å². The van der Waals surface area contributed by atoms with Gasteiger partial charge in [0, 0.05) is 6.08 Å². The zero-order valence-corrected chi connectivity index (χ0v) is 8.68. The molecule has 86 valence electrons. The Bertz CT molecular complexity index is 248. The quantitative estimate of drug-likeness (QED) is 0.481. The maximum absolute atomic E-state index is 11.2. The molecule has 0 unspecified atom stereocenters. The van der Waals surface area contributed by atoms with Gasteiger partial charge in [-0.25, -0.2) is 4.79 Å². The summed E-state index contributed by atoms with van der Waals surface area (Å²) in [5.74, 6) is -0.454. The Morgan fingerprint density at radius 2 is 2.40 bits per heavy atom. The van der Waals surface area contributed by atoms with Crippen LogP contribution in [0.4, 0.5) is 0 Å². The van der Waals surface area contributed by atoms with Gasteiger partial charge in [-0.1, -0.05) is 13.3 Å². The second-order valence-electron chi connectivity index (χ2n) is 3.35. The summed E-state index contributed by atoms with van der Waals surface area (Å²) in [6, 6.07) is 0. The molecule has 1 aliphatic heterocycles. The SMILES string of the molecule is CCCCOC1=C[C@@H]([C@H](O)CO)OC1=O. The third-order valence-electron chi connectivity index (χ3n) is 2.08. The number of aliphatic hydroxyl groups is 2. The minimum absolute atomic E-state index is 0.126. The number of esters is 1. The molecule has 0 aromatic heterocycles. The minimum atomic E-state index is -1.08. The van der Waals surface area contributed by atoms with Crippen LogP contribution in [0.15, 0.2) is 11.8 Å². The van der Waals surface area contributed by atoms with E-state index in [0.717, 1.165) is 12.8 Å². The van der Waals surface area contributed by atoms with Crippen LogP contribution in [-0.4, -0.2) is 41.6 Å². The minimum Gasteiger partial charge on any atom is -0.487 e. The van der Waals surface area contributed by atoms with Gasteiger partial charge in [-0.15, -0.1) is 0 Å². The molecule has 15 heavy (non-hydrogen) atoms. The fourth-order valence-corrected chi connectivity index (χ4v) is 1.16. The first-order valence-electron chi connectivity index (χ1n) is 5.03. The number of carbonyl (C=O) groups is 1. The van der Waals surface area contributed by atoms with E-state index in [0.29, 0.717) is 6.61 Å². The van der Waals surface area contributed by atoms with E-state index in [1.54, 1.807) is 0 Å². The van der Waals surface area contributed by atoms with Gasteiger partial charge >= 0.3 is 5.97 Å². The molecule has 0 fully saturated rings. The van der Waals surface area contributed by atoms with E-state index >= 15 is 0 Å². The second-order valence-corrected chi connectivity index (χ2v) is 3.35. The smallest absolute Gasteiger partial charge is 0.374 e. The predicted octanol–water partition coefficient (Wildman–Crippen LogP) is -0.0344. The highest BCUT2D eigenvalue weighted by Gasteiger charge is 2.31. The largest absolute Gasteiger partial charge is 0.487 e. The average molecular weight is 216 g/mol. The molecule has 0 amide bonds. The lowest BCUT2D eigenvalue weighted by molar-refractivity contribution is -0.147. The van der Waals surface area contributed by atoms with Crippen molar-refractivity contribution >= 4 is 5.97 Å². The molecular formula is C10H16O5. The van der Waals surface area contributed by atoms with Crippen LogP contribution in [0.3, 0.4) is 0 Å². The number of rotatable bonds is 6. The van der Waals surface area contributed by atoms with Crippen LogP contribution in [-0.2, 0) is 14.3 Å². The molecule has 1 heterocycles. The molecule has 5 heteroatoms. The van der Waals surface area contributed by atoms with E-state index in [1.807, 2.05) is 6.92 Å². The van der Waals surface area contributed by atoms with Gasteiger partial charge in [0.1, 0.15) is 6.10 Å². The monoisotopic (exact) mass is 216 g/mol. The first kappa shape index (κ1) is 12.0. The Morgan fingerprint density at radius 3 is 3.00 bits per heavy atom. The summed E-state index contributed by atoms with van der Waals surface area (Å²) < 4.78 is 9.97. The summed E-state index contributed by atoms with van der Waals surface area (Å²) in [6.45, 7) is 2.03. The molecule has 0 saturated carbocycles. The molecule has 2 atom stereocenters. The van der Waals surface area contributed by atoms with Gasteiger partial charge in [0.05, 0.1) is 13.2 Å². The van der Waals surface area contributed by atoms with Crippen molar-refractivity contribution in [2.45, 2.75) is 32.0 Å². The average Bonchev–Trinajstić information content (AvgIpc) is 2.60. The molecule has 0 bridgehead atoms. The first-order valence-corrected chi connectivity index (χ1v) is 5.03. The van der Waals surface area contributed by atoms with Crippen LogP contribution < -0.4 is 0 Å². The predicted molar refractivity (Wildman–Crippen MR) is 51.9 cm³/mol. The van der Waals surface area contributed by atoms with Gasteiger partial charge < -0.3 is 19.7 Å². The molecule has 5 nitrogen and oxygen atoms in total. The number of aliphatic hydroxyl groups excluding tert-OH is 2. The van der Waals surface area contributed by atoms with Gasteiger partial charge in [-0.3, -0.25) is 0 Å². The summed E-state index contributed by atoms with van der Waals surface area (Å²) in [4.78, 5) is 11.2. The van der Waals surface area contributed by atoms with Crippen molar-refractivity contribution in [2.75, 3.05) is 13.2 Å². The van der Waals surface area contributed by atoms with E-state index in [1.165, 1.54) is 6.08 Å². The highest BCUT2D eigenvalue weighted by Crippen LogP contribution is 2.17. The molecule has 0 radical (unpaired) electrons. The standard InChI is InChI=1S/C10H16O5/c1-2-3-4-14-9-5-8(7(12)6-11)15-10(9)13/h5,7-8,11-12H,2-4,6H2,1H3/t7-,8+/m1/s1. The number of carbonyl (C=O) groups excluding carboxylic acids is 1. The van der Waals surface area contributed by atoms with Crippen molar-refractivity contribution in [1.82, 2.24) is 0 Å². The summed E-state index contributed by atoms with van der Waals surface area (Å²) in [5, 5.41) is 17.9. The van der Waals surface area contributed by atoms with Crippen molar-refractivity contribution in [3.63, 3.8) is 0 Å². The molecule has 0 aromatic carbocycles. The number of unbranched alkanes of at least 4 members (excludes halogenated alkanes) is 1. The second kappa shape index (κ2) is 5.72. The lowest BCUT2D eigenvalue weighted by Crippen LogP contribution is -2.28. The van der Waals surface area contributed by atoms with E-state index in [4.69, 9.17) is 14.6 Å². The molecule has 2 N–H and O–H groups in total. The topological polar surface area (TPSA) is 76.0 Å². The lowest BCUT2D eigenvalue weighted by atomic mass is 10.2. The zero-order valence-electron chi connectivity index (χ0n) is 8.68. The summed E-state index contributed by atoms with van der Waals surface area (Å²) in [5.41, 5.74) is 0. The van der Waals surface area contributed by atoms with Crippen LogP contribution in [0.1, 0.15) is 19.8 Å². The molecule has 0 spiro atoms. The lowest BCUT2D eigenvalue weighted by Gasteiger charge is -2.11. The fourth-order valence-electron chi connectivity index (χ4n) is 1.16. The van der Waals surface area contributed by atoms with E-state index < -0.39 is 24.8 Å². The highest BCUT2D eigenvalue weighted by molar-refractivity contribution is 5.88. The molecule has 0 aliphatic carbocycles. The molecular weight excluding hydrogens is 200 g/mol. The normalized spacial score (nSPS) is 22.2. The number of hydrogen-bond donors (Lipinski definition) is 2. The van der Waals surface area contributed by atoms with Gasteiger partial charge in [-0.05, 0) is 6.42 Å². The van der Waals surface area contributed by atoms with Crippen LogP contribution in [0.2, 0.25) is 0 Å². The molecule has 0 aromatic rings. The van der Waals surface area contributed by atoms with Gasteiger partial charge in [0.2, 0.25) is 5.76 Å². The number of ether oxygens (including phenoxy) is 2. The summed E-state index contributed by atoms with van der Waals surface area (Å²) in [7, 11) is 0. The Morgan fingerprint density at radius 1 is 1.67 bits per heavy atom. The Labute approximate surface area is 88.3 Å². The van der Waals surface area contributed by atoms with E-state index in [-0.39, 0.29) is 5.76 Å². The van der Waals surface area contributed by atoms with Crippen molar-refractivity contribution in [1.29, 1.82) is 0 Å². The Kier molecular flexibility index (Phi) is 4.58. The zero-order chi connectivity index (χ0) is 11.3. The van der Waals surface area contributed by atoms with E-state index in [9.17, 15) is 9.90 Å². The summed E-state index contributed by atoms with van der Waals surface area (Å²) in [6.07, 6.45) is 1.36. The first-order chi connectivity index (χ1) is 7.19. The summed E-state index contributed by atoms with van der Waals surface area (Å²) >= 11 is 0. The van der Waals surface area contributed by atoms with Crippen LogP contribution in [0.25, 0.3) is 0 Å². The van der Waals surface area contributed by atoms with Crippen molar-refractivity contribution in [2.24, 2.45) is 0 Å². The molecule has 0 saturated heterocycles. The van der Waals surface area contributed by atoms with Crippen molar-refractivity contribution in [3.8, 4) is 0 Å². The fraction of sp³-hybridized carbons (Fsp3) is 0.700. The van der Waals surface area contributed by atoms with E-state index in [2.05, 4.69) is 0 Å². The number of cyclic esters (lactones) is 1. The van der Waals surface area contributed by atoms with Crippen molar-refractivity contribution < 1.29 is 24.5 Å². The maximum atomic E-state index is 11.2. The van der Waals surface area contributed by atoms with Gasteiger partial charge in [0.15, 0.2) is 6.10 Å². The Balaban J connectivity index is 2.45. The third-order valence-corrected chi connectivity index (χ3v) is 2.08. The van der Waals surface area contributed by atoms with Crippen LogP contribution >= 0.6 is 0 Å². The highest BCUT2D eigenvalue weighted by atomic mass is 16.6. The van der Waals surface area contributed by atoms with Crippen LogP contribution in [0, 0.1) is 0 Å². The maximum Gasteiger partial charge on any atom is 0.374 e. The third kappa shape index (κ3) is 3.21. The number of hydrogen-bond acceptors (Lipinski definition) is 5.